The molecule has 3 aliphatic rings. The van der Waals surface area contributed by atoms with Crippen molar-refractivity contribution < 1.29 is 22.7 Å². The summed E-state index contributed by atoms with van der Waals surface area (Å²) in [4.78, 5) is 15.4. The van der Waals surface area contributed by atoms with E-state index in [2.05, 4.69) is 17.1 Å². The lowest BCUT2D eigenvalue weighted by Crippen LogP contribution is -2.43. The number of hydrogen-bond donors (Lipinski definition) is 1. The van der Waals surface area contributed by atoms with Gasteiger partial charge in [0.15, 0.2) is 11.5 Å². The van der Waals surface area contributed by atoms with E-state index < -0.39 is 10.0 Å². The number of ether oxygens (including phenoxy) is 2. The van der Waals surface area contributed by atoms with E-state index in [4.69, 9.17) is 9.47 Å². The third kappa shape index (κ3) is 6.23. The Morgan fingerprint density at radius 1 is 1.00 bits per heavy atom. The smallest absolute Gasteiger partial charge is 0.243 e. The third-order valence-electron chi connectivity index (χ3n) is 7.29. The second kappa shape index (κ2) is 11.7. The molecule has 8 nitrogen and oxygen atoms in total. The molecule has 2 fully saturated rings. The molecule has 1 atom stereocenters. The number of nitrogens with zero attached hydrogens (tertiary/aromatic N) is 2. The molecule has 9 heteroatoms. The summed E-state index contributed by atoms with van der Waals surface area (Å²) in [6.07, 6.45) is 7.85. The molecule has 3 aliphatic heterocycles. The Hall–Kier alpha value is -1.84. The van der Waals surface area contributed by atoms with Crippen LogP contribution < -0.4 is 14.8 Å². The Balaban J connectivity index is 1.20. The largest absolute Gasteiger partial charge is 0.490 e. The molecule has 190 valence electrons. The van der Waals surface area contributed by atoms with Crippen molar-refractivity contribution in [3.05, 3.63) is 18.2 Å². The lowest BCUT2D eigenvalue weighted by atomic mass is 9.97. The topological polar surface area (TPSA) is 88.2 Å². The third-order valence-corrected chi connectivity index (χ3v) is 9.19. The standard InChI is InChI=1S/C25H39N3O5S/c1-20-7-2-4-13-27(20)14-5-3-12-26-25(29)21-10-15-28(16-11-21)34(30,31)22-8-9-23-24(19-22)33-18-6-17-32-23/h8-9,19-21H,2-7,10-18H2,1H3,(H,26,29). The molecule has 1 aromatic rings. The summed E-state index contributed by atoms with van der Waals surface area (Å²) in [5, 5.41) is 3.07. The number of nitrogens with one attached hydrogen (secondary N) is 1. The van der Waals surface area contributed by atoms with Crippen LogP contribution >= 0.6 is 0 Å². The highest BCUT2D eigenvalue weighted by molar-refractivity contribution is 7.89. The van der Waals surface area contributed by atoms with Crippen molar-refractivity contribution in [2.75, 3.05) is 45.9 Å². The first kappa shape index (κ1) is 25.3. The van der Waals surface area contributed by atoms with Gasteiger partial charge in [0.1, 0.15) is 0 Å². The Morgan fingerprint density at radius 2 is 1.76 bits per heavy atom. The highest BCUT2D eigenvalue weighted by Gasteiger charge is 2.32. The predicted molar refractivity (Wildman–Crippen MR) is 131 cm³/mol. The van der Waals surface area contributed by atoms with Crippen molar-refractivity contribution >= 4 is 15.9 Å². The van der Waals surface area contributed by atoms with Crippen molar-refractivity contribution in [3.63, 3.8) is 0 Å². The van der Waals surface area contributed by atoms with E-state index in [1.165, 1.54) is 30.1 Å². The first-order valence-electron chi connectivity index (χ1n) is 12.9. The number of sulfonamides is 1. The molecule has 0 bridgehead atoms. The first-order valence-corrected chi connectivity index (χ1v) is 14.3. The number of amides is 1. The summed E-state index contributed by atoms with van der Waals surface area (Å²) in [7, 11) is -3.63. The van der Waals surface area contributed by atoms with Crippen molar-refractivity contribution in [1.82, 2.24) is 14.5 Å². The highest BCUT2D eigenvalue weighted by Crippen LogP contribution is 2.33. The first-order chi connectivity index (χ1) is 16.4. The minimum absolute atomic E-state index is 0.0546. The lowest BCUT2D eigenvalue weighted by molar-refractivity contribution is -0.126. The number of fused-ring (bicyclic) bond motifs is 1. The fraction of sp³-hybridized carbons (Fsp3) is 0.720. The summed E-state index contributed by atoms with van der Waals surface area (Å²) in [5.74, 6) is 0.983. The summed E-state index contributed by atoms with van der Waals surface area (Å²) in [5.41, 5.74) is 0. The number of unbranched alkanes of at least 4 members (excludes halogenated alkanes) is 1. The van der Waals surface area contributed by atoms with E-state index in [-0.39, 0.29) is 16.7 Å². The molecular weight excluding hydrogens is 454 g/mol. The van der Waals surface area contributed by atoms with Crippen molar-refractivity contribution in [1.29, 1.82) is 0 Å². The van der Waals surface area contributed by atoms with Crippen LogP contribution in [-0.2, 0) is 14.8 Å². The van der Waals surface area contributed by atoms with Crippen LogP contribution in [0.2, 0.25) is 0 Å². The van der Waals surface area contributed by atoms with Gasteiger partial charge in [-0.2, -0.15) is 4.31 Å². The van der Waals surface area contributed by atoms with Crippen LogP contribution in [0.25, 0.3) is 0 Å². The van der Waals surface area contributed by atoms with E-state index in [9.17, 15) is 13.2 Å². The predicted octanol–water partition coefficient (Wildman–Crippen LogP) is 3.02. The Morgan fingerprint density at radius 3 is 2.53 bits per heavy atom. The molecule has 2 saturated heterocycles. The molecule has 0 aromatic heterocycles. The number of carbonyl (C=O) groups excluding carboxylic acids is 1. The molecule has 0 radical (unpaired) electrons. The minimum atomic E-state index is -3.63. The van der Waals surface area contributed by atoms with Gasteiger partial charge in [-0.3, -0.25) is 4.79 Å². The molecule has 1 amide bonds. The molecule has 0 aliphatic carbocycles. The van der Waals surface area contributed by atoms with Crippen LogP contribution in [0, 0.1) is 5.92 Å². The lowest BCUT2D eigenvalue weighted by Gasteiger charge is -2.33. The van der Waals surface area contributed by atoms with Crippen LogP contribution in [-0.4, -0.2) is 75.5 Å². The maximum atomic E-state index is 13.2. The van der Waals surface area contributed by atoms with Crippen molar-refractivity contribution in [2.45, 2.75) is 69.2 Å². The summed E-state index contributed by atoms with van der Waals surface area (Å²) in [6.45, 7) is 7.07. The van der Waals surface area contributed by atoms with Gasteiger partial charge >= 0.3 is 0 Å². The number of benzene rings is 1. The fourth-order valence-electron chi connectivity index (χ4n) is 5.10. The molecule has 34 heavy (non-hydrogen) atoms. The van der Waals surface area contributed by atoms with Crippen LogP contribution in [0.15, 0.2) is 23.1 Å². The van der Waals surface area contributed by atoms with E-state index in [1.807, 2.05) is 0 Å². The van der Waals surface area contributed by atoms with Gasteiger partial charge in [0.05, 0.1) is 18.1 Å². The highest BCUT2D eigenvalue weighted by atomic mass is 32.2. The molecule has 0 spiro atoms. The Labute approximate surface area is 204 Å². The van der Waals surface area contributed by atoms with Gasteiger partial charge < -0.3 is 19.7 Å². The van der Waals surface area contributed by atoms with Gasteiger partial charge in [-0.25, -0.2) is 8.42 Å². The number of rotatable bonds is 8. The molecular formula is C25H39N3O5S. The van der Waals surface area contributed by atoms with Gasteiger partial charge in [-0.05, 0) is 70.7 Å². The summed E-state index contributed by atoms with van der Waals surface area (Å²) in [6, 6.07) is 5.47. The van der Waals surface area contributed by atoms with Gasteiger partial charge in [0.2, 0.25) is 15.9 Å². The van der Waals surface area contributed by atoms with Crippen molar-refractivity contribution in [3.8, 4) is 11.5 Å². The van der Waals surface area contributed by atoms with Crippen LogP contribution in [0.4, 0.5) is 0 Å². The quantitative estimate of drug-likeness (QED) is 0.560. The minimum Gasteiger partial charge on any atom is -0.490 e. The Kier molecular flexibility index (Phi) is 8.71. The monoisotopic (exact) mass is 493 g/mol. The number of piperidine rings is 2. The summed E-state index contributed by atoms with van der Waals surface area (Å²) < 4.78 is 39.1. The number of carbonyl (C=O) groups is 1. The Bertz CT molecular complexity index is 930. The molecule has 1 aromatic carbocycles. The van der Waals surface area contributed by atoms with E-state index in [0.717, 1.165) is 25.8 Å². The van der Waals surface area contributed by atoms with Crippen LogP contribution in [0.3, 0.4) is 0 Å². The van der Waals surface area contributed by atoms with Gasteiger partial charge in [0, 0.05) is 44.1 Å². The SMILES string of the molecule is CC1CCCCN1CCCCNC(=O)C1CCN(S(=O)(=O)c2ccc3c(c2)OCCCO3)CC1. The second-order valence-electron chi connectivity index (χ2n) is 9.72. The van der Waals surface area contributed by atoms with Crippen LogP contribution in [0.5, 0.6) is 11.5 Å². The maximum Gasteiger partial charge on any atom is 0.243 e. The van der Waals surface area contributed by atoms with E-state index in [1.54, 1.807) is 18.2 Å². The summed E-state index contributed by atoms with van der Waals surface area (Å²) >= 11 is 0. The van der Waals surface area contributed by atoms with E-state index in [0.29, 0.717) is 63.2 Å². The zero-order valence-corrected chi connectivity index (χ0v) is 21.2. The zero-order chi connectivity index (χ0) is 24.0. The number of likely N-dealkylation sites (tertiary alicyclic amines) is 1. The molecule has 3 heterocycles. The zero-order valence-electron chi connectivity index (χ0n) is 20.3. The van der Waals surface area contributed by atoms with Crippen molar-refractivity contribution in [2.24, 2.45) is 5.92 Å². The molecule has 1 N–H and O–H groups in total. The average Bonchev–Trinajstić information content (AvgIpc) is 3.10. The van der Waals surface area contributed by atoms with Crippen LogP contribution in [0.1, 0.15) is 58.3 Å². The molecule has 1 unspecified atom stereocenters. The molecule has 0 saturated carbocycles. The maximum absolute atomic E-state index is 13.2. The molecule has 4 rings (SSSR count). The normalized spacial score (nSPS) is 22.8. The second-order valence-corrected chi connectivity index (χ2v) is 11.7. The van der Waals surface area contributed by atoms with Gasteiger partial charge in [0.25, 0.3) is 0 Å². The van der Waals surface area contributed by atoms with Gasteiger partial charge in [-0.1, -0.05) is 6.42 Å². The number of hydrogen-bond acceptors (Lipinski definition) is 6. The van der Waals surface area contributed by atoms with Gasteiger partial charge in [-0.15, -0.1) is 0 Å². The fourth-order valence-corrected chi connectivity index (χ4v) is 6.58. The average molecular weight is 494 g/mol. The van der Waals surface area contributed by atoms with E-state index >= 15 is 0 Å².